The van der Waals surface area contributed by atoms with Crippen LogP contribution in [-0.4, -0.2) is 17.1 Å². The number of hydrogen-bond acceptors (Lipinski definition) is 2. The predicted molar refractivity (Wildman–Crippen MR) is 109 cm³/mol. The maximum Gasteiger partial charge on any atom is 0.268 e. The summed E-state index contributed by atoms with van der Waals surface area (Å²) in [5, 5.41) is 6.48. The standard InChI is InChI=1S/C21H23BrN2O2/c1-15(19-10-8-17(9-11-19)12-13-22)23-21(26)20(24-16(2)25)14-18-6-4-3-5-7-18/h3-11,14-15H,12-13H2,1-2H3,(H,23,26)(H,24,25)/b20-14+/t15-/m0/s1. The number of halogens is 1. The minimum atomic E-state index is -0.318. The summed E-state index contributed by atoms with van der Waals surface area (Å²) in [7, 11) is 0. The molecule has 2 amide bonds. The van der Waals surface area contributed by atoms with E-state index >= 15 is 0 Å². The summed E-state index contributed by atoms with van der Waals surface area (Å²) in [5.74, 6) is -0.602. The Morgan fingerprint density at radius 3 is 2.31 bits per heavy atom. The van der Waals surface area contributed by atoms with E-state index in [1.807, 2.05) is 49.4 Å². The quantitative estimate of drug-likeness (QED) is 0.531. The van der Waals surface area contributed by atoms with E-state index in [4.69, 9.17) is 0 Å². The Labute approximate surface area is 162 Å². The smallest absolute Gasteiger partial charge is 0.268 e. The first kappa shape index (κ1) is 19.9. The van der Waals surface area contributed by atoms with Crippen LogP contribution >= 0.6 is 15.9 Å². The van der Waals surface area contributed by atoms with Crippen molar-refractivity contribution in [3.05, 3.63) is 77.0 Å². The van der Waals surface area contributed by atoms with E-state index in [1.165, 1.54) is 12.5 Å². The molecule has 0 spiro atoms. The van der Waals surface area contributed by atoms with Gasteiger partial charge in [0.15, 0.2) is 0 Å². The molecule has 0 saturated carbocycles. The third kappa shape index (κ3) is 6.15. The SMILES string of the molecule is CC(=O)N/C(=C/c1ccccc1)C(=O)N[C@@H](C)c1ccc(CCBr)cc1. The van der Waals surface area contributed by atoms with Crippen LogP contribution in [0.4, 0.5) is 0 Å². The fourth-order valence-corrected chi connectivity index (χ4v) is 2.96. The lowest BCUT2D eigenvalue weighted by atomic mass is 10.0. The number of benzene rings is 2. The van der Waals surface area contributed by atoms with Crippen LogP contribution in [0.2, 0.25) is 0 Å². The molecule has 2 aromatic carbocycles. The molecular weight excluding hydrogens is 392 g/mol. The number of alkyl halides is 1. The van der Waals surface area contributed by atoms with E-state index in [0.29, 0.717) is 0 Å². The zero-order valence-electron chi connectivity index (χ0n) is 15.0. The number of aryl methyl sites for hydroxylation is 1. The lowest BCUT2D eigenvalue weighted by molar-refractivity contribution is -0.122. The van der Waals surface area contributed by atoms with E-state index in [9.17, 15) is 9.59 Å². The first-order chi connectivity index (χ1) is 12.5. The van der Waals surface area contributed by atoms with E-state index in [1.54, 1.807) is 6.08 Å². The number of hydrogen-bond donors (Lipinski definition) is 2. The van der Waals surface area contributed by atoms with Crippen LogP contribution in [0, 0.1) is 0 Å². The zero-order valence-corrected chi connectivity index (χ0v) is 16.5. The van der Waals surface area contributed by atoms with Crippen molar-refractivity contribution in [2.24, 2.45) is 0 Å². The zero-order chi connectivity index (χ0) is 18.9. The van der Waals surface area contributed by atoms with Gasteiger partial charge >= 0.3 is 0 Å². The van der Waals surface area contributed by atoms with Gasteiger partial charge < -0.3 is 10.6 Å². The molecule has 26 heavy (non-hydrogen) atoms. The molecule has 2 rings (SSSR count). The average Bonchev–Trinajstić information content (AvgIpc) is 2.62. The van der Waals surface area contributed by atoms with Gasteiger partial charge in [0.05, 0.1) is 6.04 Å². The number of amides is 2. The molecule has 2 N–H and O–H groups in total. The Bertz CT molecular complexity index is 770. The second kappa shape index (κ2) is 9.92. The number of carbonyl (C=O) groups excluding carboxylic acids is 2. The lowest BCUT2D eigenvalue weighted by Gasteiger charge is -2.16. The molecule has 0 aliphatic rings. The number of nitrogens with one attached hydrogen (secondary N) is 2. The van der Waals surface area contributed by atoms with E-state index in [2.05, 4.69) is 38.7 Å². The van der Waals surface area contributed by atoms with Gasteiger partial charge in [-0.15, -0.1) is 0 Å². The highest BCUT2D eigenvalue weighted by molar-refractivity contribution is 9.09. The second-order valence-electron chi connectivity index (χ2n) is 6.03. The molecule has 5 heteroatoms. The van der Waals surface area contributed by atoms with Crippen LogP contribution in [0.1, 0.15) is 36.6 Å². The fourth-order valence-electron chi connectivity index (χ4n) is 2.50. The summed E-state index contributed by atoms with van der Waals surface area (Å²) in [6.45, 7) is 3.31. The van der Waals surface area contributed by atoms with E-state index in [-0.39, 0.29) is 23.6 Å². The van der Waals surface area contributed by atoms with Crippen molar-refractivity contribution >= 4 is 33.8 Å². The Hall–Kier alpha value is -2.40. The van der Waals surface area contributed by atoms with Gasteiger partial charge in [0.1, 0.15) is 5.70 Å². The van der Waals surface area contributed by atoms with Gasteiger partial charge in [0.25, 0.3) is 5.91 Å². The van der Waals surface area contributed by atoms with Gasteiger partial charge in [-0.05, 0) is 36.1 Å². The Kier molecular flexibility index (Phi) is 7.60. The highest BCUT2D eigenvalue weighted by atomic mass is 79.9. The van der Waals surface area contributed by atoms with E-state index < -0.39 is 0 Å². The number of carbonyl (C=O) groups is 2. The van der Waals surface area contributed by atoms with Crippen LogP contribution in [-0.2, 0) is 16.0 Å². The summed E-state index contributed by atoms with van der Waals surface area (Å²) in [4.78, 5) is 24.1. The fraction of sp³-hybridized carbons (Fsp3) is 0.238. The molecule has 0 bridgehead atoms. The summed E-state index contributed by atoms with van der Waals surface area (Å²) >= 11 is 3.43. The molecule has 0 fully saturated rings. The van der Waals surface area contributed by atoms with Gasteiger partial charge in [-0.2, -0.15) is 0 Å². The molecule has 4 nitrogen and oxygen atoms in total. The molecular formula is C21H23BrN2O2. The monoisotopic (exact) mass is 414 g/mol. The minimum Gasteiger partial charge on any atom is -0.344 e. The molecule has 2 aromatic rings. The van der Waals surface area contributed by atoms with Crippen molar-refractivity contribution in [3.8, 4) is 0 Å². The molecule has 0 aromatic heterocycles. The van der Waals surface area contributed by atoms with Crippen molar-refractivity contribution in [2.75, 3.05) is 5.33 Å². The summed E-state index contributed by atoms with van der Waals surface area (Å²) < 4.78 is 0. The molecule has 1 atom stereocenters. The third-order valence-electron chi connectivity index (χ3n) is 3.88. The Balaban J connectivity index is 2.12. The van der Waals surface area contributed by atoms with Crippen LogP contribution in [0.3, 0.4) is 0 Å². The molecule has 0 radical (unpaired) electrons. The molecule has 0 heterocycles. The lowest BCUT2D eigenvalue weighted by Crippen LogP contribution is -2.35. The predicted octanol–water partition coefficient (Wildman–Crippen LogP) is 3.98. The number of rotatable bonds is 7. The summed E-state index contributed by atoms with van der Waals surface area (Å²) in [5.41, 5.74) is 3.33. The van der Waals surface area contributed by atoms with Gasteiger partial charge in [0, 0.05) is 12.3 Å². The Morgan fingerprint density at radius 1 is 1.08 bits per heavy atom. The maximum atomic E-state index is 12.6. The third-order valence-corrected chi connectivity index (χ3v) is 4.27. The maximum absolute atomic E-state index is 12.6. The summed E-state index contributed by atoms with van der Waals surface area (Å²) in [6.07, 6.45) is 2.63. The van der Waals surface area contributed by atoms with Crippen molar-refractivity contribution in [3.63, 3.8) is 0 Å². The normalized spacial score (nSPS) is 12.3. The van der Waals surface area contributed by atoms with Crippen LogP contribution in [0.15, 0.2) is 60.3 Å². The first-order valence-corrected chi connectivity index (χ1v) is 9.61. The Morgan fingerprint density at radius 2 is 1.73 bits per heavy atom. The summed E-state index contributed by atoms with van der Waals surface area (Å²) in [6, 6.07) is 17.4. The van der Waals surface area contributed by atoms with Gasteiger partial charge in [-0.25, -0.2) is 0 Å². The molecule has 0 aliphatic heterocycles. The van der Waals surface area contributed by atoms with Crippen molar-refractivity contribution < 1.29 is 9.59 Å². The molecule has 0 aliphatic carbocycles. The van der Waals surface area contributed by atoms with Crippen molar-refractivity contribution in [1.82, 2.24) is 10.6 Å². The minimum absolute atomic E-state index is 0.173. The van der Waals surface area contributed by atoms with Gasteiger partial charge in [-0.3, -0.25) is 9.59 Å². The van der Waals surface area contributed by atoms with Gasteiger partial charge in [0.2, 0.25) is 5.91 Å². The first-order valence-electron chi connectivity index (χ1n) is 8.49. The average molecular weight is 415 g/mol. The van der Waals surface area contributed by atoms with Crippen molar-refractivity contribution in [2.45, 2.75) is 26.3 Å². The topological polar surface area (TPSA) is 58.2 Å². The second-order valence-corrected chi connectivity index (χ2v) is 6.82. The van der Waals surface area contributed by atoms with Crippen molar-refractivity contribution in [1.29, 1.82) is 0 Å². The van der Waals surface area contributed by atoms with Gasteiger partial charge in [-0.1, -0.05) is 70.5 Å². The highest BCUT2D eigenvalue weighted by Gasteiger charge is 2.15. The van der Waals surface area contributed by atoms with Crippen LogP contribution < -0.4 is 10.6 Å². The van der Waals surface area contributed by atoms with E-state index in [0.717, 1.165) is 22.9 Å². The molecule has 136 valence electrons. The molecule has 0 unspecified atom stereocenters. The highest BCUT2D eigenvalue weighted by Crippen LogP contribution is 2.15. The van der Waals surface area contributed by atoms with Crippen LogP contribution in [0.5, 0.6) is 0 Å². The largest absolute Gasteiger partial charge is 0.344 e. The van der Waals surface area contributed by atoms with Crippen LogP contribution in [0.25, 0.3) is 6.08 Å². The molecule has 0 saturated heterocycles.